The molecule has 1 aromatic rings. The van der Waals surface area contributed by atoms with Crippen molar-refractivity contribution in [2.45, 2.75) is 26.2 Å². The number of anilines is 1. The van der Waals surface area contributed by atoms with E-state index in [1.165, 1.54) is 0 Å². The Morgan fingerprint density at radius 1 is 1.40 bits per heavy atom. The van der Waals surface area contributed by atoms with Crippen LogP contribution < -0.4 is 11.1 Å². The number of nitrogens with two attached hydrogens (primary N) is 1. The van der Waals surface area contributed by atoms with Crippen LogP contribution >= 0.6 is 0 Å². The summed E-state index contributed by atoms with van der Waals surface area (Å²) in [6.07, 6.45) is 1.52. The minimum atomic E-state index is -0.0334. The lowest BCUT2D eigenvalue weighted by Gasteiger charge is -2.06. The molecule has 0 saturated heterocycles. The predicted octanol–water partition coefficient (Wildman–Crippen LogP) is 1.73. The molecule has 0 aliphatic carbocycles. The van der Waals surface area contributed by atoms with Crippen LogP contribution in [0.2, 0.25) is 0 Å². The SMILES string of the molecule is CCOCCCC(=O)Nc1ccc(C/C(N)=N/O)cc1. The van der Waals surface area contributed by atoms with Gasteiger partial charge in [0.2, 0.25) is 5.91 Å². The van der Waals surface area contributed by atoms with E-state index in [4.69, 9.17) is 15.7 Å². The van der Waals surface area contributed by atoms with Crippen molar-refractivity contribution in [3.05, 3.63) is 29.8 Å². The van der Waals surface area contributed by atoms with Crippen molar-refractivity contribution in [3.8, 4) is 0 Å². The van der Waals surface area contributed by atoms with Gasteiger partial charge in [0.25, 0.3) is 0 Å². The van der Waals surface area contributed by atoms with E-state index in [0.717, 1.165) is 11.3 Å². The molecule has 4 N–H and O–H groups in total. The topological polar surface area (TPSA) is 96.9 Å². The molecule has 0 aliphatic rings. The molecule has 20 heavy (non-hydrogen) atoms. The largest absolute Gasteiger partial charge is 0.409 e. The van der Waals surface area contributed by atoms with Crippen molar-refractivity contribution in [2.75, 3.05) is 18.5 Å². The summed E-state index contributed by atoms with van der Waals surface area (Å²) in [5.41, 5.74) is 7.06. The number of amides is 1. The molecule has 0 bridgehead atoms. The highest BCUT2D eigenvalue weighted by molar-refractivity contribution is 5.90. The van der Waals surface area contributed by atoms with Crippen LogP contribution in [0.5, 0.6) is 0 Å². The van der Waals surface area contributed by atoms with Crippen LogP contribution in [0.3, 0.4) is 0 Å². The van der Waals surface area contributed by atoms with Crippen LogP contribution in [0.15, 0.2) is 29.4 Å². The minimum Gasteiger partial charge on any atom is -0.409 e. The van der Waals surface area contributed by atoms with Gasteiger partial charge in [0.05, 0.1) is 0 Å². The zero-order chi connectivity index (χ0) is 14.8. The lowest BCUT2D eigenvalue weighted by Crippen LogP contribution is -2.15. The Morgan fingerprint density at radius 3 is 2.70 bits per heavy atom. The zero-order valence-corrected chi connectivity index (χ0v) is 11.6. The van der Waals surface area contributed by atoms with E-state index in [1.54, 1.807) is 12.1 Å². The molecular formula is C14H21N3O3. The summed E-state index contributed by atoms with van der Waals surface area (Å²) >= 11 is 0. The third-order valence-corrected chi connectivity index (χ3v) is 2.65. The number of rotatable bonds is 8. The van der Waals surface area contributed by atoms with Crippen molar-refractivity contribution >= 4 is 17.4 Å². The third kappa shape index (κ3) is 6.19. The Morgan fingerprint density at radius 2 is 2.10 bits per heavy atom. The molecule has 1 amide bonds. The van der Waals surface area contributed by atoms with Crippen LogP contribution in [0.4, 0.5) is 5.69 Å². The minimum absolute atomic E-state index is 0.0334. The van der Waals surface area contributed by atoms with E-state index < -0.39 is 0 Å². The highest BCUT2D eigenvalue weighted by atomic mass is 16.5. The van der Waals surface area contributed by atoms with E-state index in [2.05, 4.69) is 10.5 Å². The smallest absolute Gasteiger partial charge is 0.224 e. The number of amidine groups is 1. The second-order valence-electron chi connectivity index (χ2n) is 4.31. The summed E-state index contributed by atoms with van der Waals surface area (Å²) in [4.78, 5) is 11.6. The number of carbonyl (C=O) groups is 1. The van der Waals surface area contributed by atoms with Gasteiger partial charge in [-0.05, 0) is 31.0 Å². The first kappa shape index (κ1) is 16.0. The molecule has 0 aliphatic heterocycles. The average Bonchev–Trinajstić information content (AvgIpc) is 2.45. The molecule has 0 saturated carbocycles. The van der Waals surface area contributed by atoms with Gasteiger partial charge in [-0.2, -0.15) is 0 Å². The van der Waals surface area contributed by atoms with E-state index in [-0.39, 0.29) is 11.7 Å². The fourth-order valence-electron chi connectivity index (χ4n) is 1.65. The average molecular weight is 279 g/mol. The van der Waals surface area contributed by atoms with E-state index in [0.29, 0.717) is 32.5 Å². The zero-order valence-electron chi connectivity index (χ0n) is 11.6. The molecular weight excluding hydrogens is 258 g/mol. The number of hydrogen-bond acceptors (Lipinski definition) is 4. The maximum atomic E-state index is 11.6. The maximum Gasteiger partial charge on any atom is 0.224 e. The Hall–Kier alpha value is -2.08. The first-order chi connectivity index (χ1) is 9.65. The van der Waals surface area contributed by atoms with Crippen LogP contribution in [0.1, 0.15) is 25.3 Å². The molecule has 0 aromatic heterocycles. The van der Waals surface area contributed by atoms with Crippen molar-refractivity contribution in [1.82, 2.24) is 0 Å². The van der Waals surface area contributed by atoms with Gasteiger partial charge < -0.3 is 21.0 Å². The van der Waals surface area contributed by atoms with Crippen molar-refractivity contribution in [2.24, 2.45) is 10.9 Å². The van der Waals surface area contributed by atoms with Crippen LogP contribution in [0.25, 0.3) is 0 Å². The molecule has 0 spiro atoms. The summed E-state index contributed by atoms with van der Waals surface area (Å²) in [7, 11) is 0. The molecule has 0 fully saturated rings. The van der Waals surface area contributed by atoms with Crippen LogP contribution in [0, 0.1) is 0 Å². The number of ether oxygens (including phenoxy) is 1. The second-order valence-corrected chi connectivity index (χ2v) is 4.31. The lowest BCUT2D eigenvalue weighted by molar-refractivity contribution is -0.116. The molecule has 110 valence electrons. The predicted molar refractivity (Wildman–Crippen MR) is 77.9 cm³/mol. The summed E-state index contributed by atoms with van der Waals surface area (Å²) < 4.78 is 5.17. The lowest BCUT2D eigenvalue weighted by atomic mass is 10.1. The summed E-state index contributed by atoms with van der Waals surface area (Å²) in [5, 5.41) is 14.2. The molecule has 0 atom stereocenters. The fourth-order valence-corrected chi connectivity index (χ4v) is 1.65. The monoisotopic (exact) mass is 279 g/mol. The van der Waals surface area contributed by atoms with Crippen molar-refractivity contribution < 1.29 is 14.7 Å². The van der Waals surface area contributed by atoms with Gasteiger partial charge >= 0.3 is 0 Å². The highest BCUT2D eigenvalue weighted by Crippen LogP contribution is 2.10. The normalized spacial score (nSPS) is 11.3. The van der Waals surface area contributed by atoms with E-state index >= 15 is 0 Å². The number of hydrogen-bond donors (Lipinski definition) is 3. The number of nitrogens with one attached hydrogen (secondary N) is 1. The second kappa shape index (κ2) is 8.92. The molecule has 6 heteroatoms. The summed E-state index contributed by atoms with van der Waals surface area (Å²) in [6, 6.07) is 7.24. The van der Waals surface area contributed by atoms with Crippen LogP contribution in [-0.2, 0) is 16.0 Å². The van der Waals surface area contributed by atoms with Crippen molar-refractivity contribution in [3.63, 3.8) is 0 Å². The molecule has 6 nitrogen and oxygen atoms in total. The van der Waals surface area contributed by atoms with Crippen LogP contribution in [-0.4, -0.2) is 30.2 Å². The maximum absolute atomic E-state index is 11.6. The quantitative estimate of drug-likeness (QED) is 0.222. The van der Waals surface area contributed by atoms with Crippen molar-refractivity contribution in [1.29, 1.82) is 0 Å². The van der Waals surface area contributed by atoms with Gasteiger partial charge in [-0.1, -0.05) is 17.3 Å². The Kier molecular flexibility index (Phi) is 7.13. The number of carbonyl (C=O) groups excluding carboxylic acids is 1. The van der Waals surface area contributed by atoms with Gasteiger partial charge in [-0.3, -0.25) is 4.79 Å². The molecule has 0 heterocycles. The van der Waals surface area contributed by atoms with E-state index in [9.17, 15) is 4.79 Å². The number of nitrogens with zero attached hydrogens (tertiary/aromatic N) is 1. The molecule has 1 aromatic carbocycles. The van der Waals surface area contributed by atoms with Gasteiger partial charge in [-0.25, -0.2) is 0 Å². The first-order valence-corrected chi connectivity index (χ1v) is 6.58. The first-order valence-electron chi connectivity index (χ1n) is 6.58. The summed E-state index contributed by atoms with van der Waals surface area (Å²) in [6.45, 7) is 3.20. The third-order valence-electron chi connectivity index (χ3n) is 2.65. The molecule has 1 rings (SSSR count). The summed E-state index contributed by atoms with van der Waals surface area (Å²) in [5.74, 6) is 0.117. The Labute approximate surface area is 118 Å². The fraction of sp³-hybridized carbons (Fsp3) is 0.429. The van der Waals surface area contributed by atoms with Gasteiger partial charge in [0.15, 0.2) is 0 Å². The molecule has 0 radical (unpaired) electrons. The standard InChI is InChI=1S/C14H21N3O3/c1-2-20-9-3-4-14(18)16-12-7-5-11(6-8-12)10-13(15)17-19/h5-8,19H,2-4,9-10H2,1H3,(H2,15,17)(H,16,18). The Bertz CT molecular complexity index is 443. The number of oxime groups is 1. The van der Waals surface area contributed by atoms with Gasteiger partial charge in [-0.15, -0.1) is 0 Å². The highest BCUT2D eigenvalue weighted by Gasteiger charge is 2.03. The van der Waals surface area contributed by atoms with E-state index in [1.807, 2.05) is 19.1 Å². The number of benzene rings is 1. The van der Waals surface area contributed by atoms with Gasteiger partial charge in [0, 0.05) is 31.7 Å². The van der Waals surface area contributed by atoms with Gasteiger partial charge in [0.1, 0.15) is 5.84 Å². The Balaban J connectivity index is 2.39. The molecule has 0 unspecified atom stereocenters.